The Morgan fingerprint density at radius 2 is 1.96 bits per heavy atom. The molecule has 0 radical (unpaired) electrons. The molecule has 1 amide bonds. The number of nitrogens with zero attached hydrogens (tertiary/aromatic N) is 2. The number of aromatic nitrogens is 2. The summed E-state index contributed by atoms with van der Waals surface area (Å²) >= 11 is 0. The zero-order valence-electron chi connectivity index (χ0n) is 15.4. The van der Waals surface area contributed by atoms with E-state index in [2.05, 4.69) is 46.9 Å². The Kier molecular flexibility index (Phi) is 8.13. The second-order valence-corrected chi connectivity index (χ2v) is 7.07. The van der Waals surface area contributed by atoms with Gasteiger partial charge in [-0.2, -0.15) is 5.10 Å². The predicted octanol–water partition coefficient (Wildman–Crippen LogP) is 3.00. The number of carbonyl (C=O) groups is 1. The number of carbonyl (C=O) groups excluding carboxylic acids is 1. The van der Waals surface area contributed by atoms with Gasteiger partial charge < -0.3 is 10.6 Å². The second kappa shape index (κ2) is 10.3. The highest BCUT2D eigenvalue weighted by Gasteiger charge is 2.21. The minimum Gasteiger partial charge on any atom is -0.352 e. The van der Waals surface area contributed by atoms with E-state index in [4.69, 9.17) is 0 Å². The first kappa shape index (κ1) is 20.5. The maximum absolute atomic E-state index is 12.2. The van der Waals surface area contributed by atoms with Gasteiger partial charge in [-0.3, -0.25) is 9.48 Å². The Balaban J connectivity index is 0.00000243. The lowest BCUT2D eigenvalue weighted by atomic mass is 9.84. The van der Waals surface area contributed by atoms with E-state index in [0.29, 0.717) is 24.8 Å². The van der Waals surface area contributed by atoms with Crippen molar-refractivity contribution in [1.82, 2.24) is 20.4 Å². The molecule has 2 N–H and O–H groups in total. The number of halogens is 1. The Labute approximate surface area is 162 Å². The van der Waals surface area contributed by atoms with Gasteiger partial charge in [0.25, 0.3) is 0 Å². The van der Waals surface area contributed by atoms with Crippen LogP contribution >= 0.6 is 12.4 Å². The number of rotatable bonds is 7. The highest BCUT2D eigenvalue weighted by molar-refractivity contribution is 5.85. The lowest BCUT2D eigenvalue weighted by Gasteiger charge is -2.27. The van der Waals surface area contributed by atoms with Crippen LogP contribution in [0.1, 0.15) is 37.3 Å². The monoisotopic (exact) mass is 376 g/mol. The van der Waals surface area contributed by atoms with Gasteiger partial charge in [0.1, 0.15) is 0 Å². The first-order chi connectivity index (χ1) is 12.2. The van der Waals surface area contributed by atoms with Crippen molar-refractivity contribution in [2.45, 2.75) is 39.3 Å². The second-order valence-electron chi connectivity index (χ2n) is 7.07. The van der Waals surface area contributed by atoms with Gasteiger partial charge in [0.2, 0.25) is 5.91 Å². The SMILES string of the molecule is CC(CC(=O)NCc1ccc(Cn2cccn2)cc1)C1CCNCC1.Cl. The molecular formula is C20H29ClN4O. The number of piperidine rings is 1. The zero-order valence-corrected chi connectivity index (χ0v) is 16.2. The molecular weight excluding hydrogens is 348 g/mol. The third-order valence-electron chi connectivity index (χ3n) is 5.11. The van der Waals surface area contributed by atoms with Crippen LogP contribution in [0.2, 0.25) is 0 Å². The van der Waals surface area contributed by atoms with Crippen molar-refractivity contribution in [3.05, 3.63) is 53.9 Å². The molecule has 1 aromatic carbocycles. The summed E-state index contributed by atoms with van der Waals surface area (Å²) in [6, 6.07) is 10.3. The summed E-state index contributed by atoms with van der Waals surface area (Å²) in [4.78, 5) is 12.2. The Hall–Kier alpha value is -1.85. The van der Waals surface area contributed by atoms with Crippen LogP contribution in [0.15, 0.2) is 42.7 Å². The Bertz CT molecular complexity index is 651. The number of nitrogens with one attached hydrogen (secondary N) is 2. The van der Waals surface area contributed by atoms with E-state index < -0.39 is 0 Å². The van der Waals surface area contributed by atoms with Gasteiger partial charge in [-0.1, -0.05) is 31.2 Å². The predicted molar refractivity (Wildman–Crippen MR) is 106 cm³/mol. The first-order valence-corrected chi connectivity index (χ1v) is 9.23. The molecule has 1 unspecified atom stereocenters. The van der Waals surface area contributed by atoms with Crippen LogP contribution in [0.3, 0.4) is 0 Å². The lowest BCUT2D eigenvalue weighted by molar-refractivity contribution is -0.122. The van der Waals surface area contributed by atoms with Crippen LogP contribution in [0.5, 0.6) is 0 Å². The number of hydrogen-bond acceptors (Lipinski definition) is 3. The third-order valence-corrected chi connectivity index (χ3v) is 5.11. The van der Waals surface area contributed by atoms with E-state index in [0.717, 1.165) is 25.2 Å². The van der Waals surface area contributed by atoms with Crippen molar-refractivity contribution < 1.29 is 4.79 Å². The molecule has 0 bridgehead atoms. The van der Waals surface area contributed by atoms with Crippen LogP contribution in [0.25, 0.3) is 0 Å². The molecule has 5 nitrogen and oxygen atoms in total. The molecule has 1 saturated heterocycles. The molecule has 2 aromatic rings. The largest absolute Gasteiger partial charge is 0.352 e. The van der Waals surface area contributed by atoms with Crippen molar-refractivity contribution in [1.29, 1.82) is 0 Å². The highest BCUT2D eigenvalue weighted by Crippen LogP contribution is 2.24. The molecule has 2 heterocycles. The van der Waals surface area contributed by atoms with Gasteiger partial charge >= 0.3 is 0 Å². The number of hydrogen-bond donors (Lipinski definition) is 2. The average molecular weight is 377 g/mol. The normalized spacial score (nSPS) is 15.9. The number of amides is 1. The van der Waals surface area contributed by atoms with E-state index in [1.807, 2.05) is 16.9 Å². The quantitative estimate of drug-likeness (QED) is 0.781. The van der Waals surface area contributed by atoms with Crippen LogP contribution in [0, 0.1) is 11.8 Å². The highest BCUT2D eigenvalue weighted by atomic mass is 35.5. The minimum absolute atomic E-state index is 0. The van der Waals surface area contributed by atoms with E-state index in [-0.39, 0.29) is 18.3 Å². The van der Waals surface area contributed by atoms with Crippen LogP contribution in [-0.2, 0) is 17.9 Å². The zero-order chi connectivity index (χ0) is 17.5. The third kappa shape index (κ3) is 6.15. The molecule has 1 fully saturated rings. The summed E-state index contributed by atoms with van der Waals surface area (Å²) in [6.07, 6.45) is 6.74. The van der Waals surface area contributed by atoms with E-state index in [1.54, 1.807) is 6.20 Å². The smallest absolute Gasteiger partial charge is 0.220 e. The van der Waals surface area contributed by atoms with Crippen LogP contribution in [-0.4, -0.2) is 28.8 Å². The molecule has 1 atom stereocenters. The Morgan fingerprint density at radius 3 is 2.62 bits per heavy atom. The van der Waals surface area contributed by atoms with E-state index in [9.17, 15) is 4.79 Å². The molecule has 0 spiro atoms. The molecule has 142 valence electrons. The fourth-order valence-electron chi connectivity index (χ4n) is 3.49. The average Bonchev–Trinajstić information content (AvgIpc) is 3.15. The van der Waals surface area contributed by atoms with Gasteiger partial charge in [0.05, 0.1) is 6.54 Å². The fraction of sp³-hybridized carbons (Fsp3) is 0.500. The molecule has 1 aliphatic heterocycles. The van der Waals surface area contributed by atoms with E-state index >= 15 is 0 Å². The van der Waals surface area contributed by atoms with Gasteiger partial charge in [-0.25, -0.2) is 0 Å². The molecule has 0 aliphatic carbocycles. The van der Waals surface area contributed by atoms with Gasteiger partial charge in [-0.15, -0.1) is 12.4 Å². The number of benzene rings is 1. The Morgan fingerprint density at radius 1 is 1.27 bits per heavy atom. The van der Waals surface area contributed by atoms with Crippen molar-refractivity contribution >= 4 is 18.3 Å². The summed E-state index contributed by atoms with van der Waals surface area (Å²) in [5.74, 6) is 1.29. The molecule has 26 heavy (non-hydrogen) atoms. The van der Waals surface area contributed by atoms with Gasteiger partial charge in [0.15, 0.2) is 0 Å². The summed E-state index contributed by atoms with van der Waals surface area (Å²) in [6.45, 7) is 5.75. The lowest BCUT2D eigenvalue weighted by Crippen LogP contribution is -2.33. The standard InChI is InChI=1S/C20H28N4O.ClH/c1-16(19-7-10-21-11-8-19)13-20(25)22-14-17-3-5-18(6-4-17)15-24-12-2-9-23-24;/h2-6,9,12,16,19,21H,7-8,10-11,13-15H2,1H3,(H,22,25);1H. The summed E-state index contributed by atoms with van der Waals surface area (Å²) < 4.78 is 1.90. The first-order valence-electron chi connectivity index (χ1n) is 9.23. The topological polar surface area (TPSA) is 59.0 Å². The maximum Gasteiger partial charge on any atom is 0.220 e. The summed E-state index contributed by atoms with van der Waals surface area (Å²) in [5, 5.41) is 10.7. The van der Waals surface area contributed by atoms with Gasteiger partial charge in [-0.05, 0) is 55.0 Å². The van der Waals surface area contributed by atoms with Crippen LogP contribution in [0.4, 0.5) is 0 Å². The molecule has 1 aromatic heterocycles. The summed E-state index contributed by atoms with van der Waals surface area (Å²) in [7, 11) is 0. The van der Waals surface area contributed by atoms with Crippen molar-refractivity contribution in [2.75, 3.05) is 13.1 Å². The van der Waals surface area contributed by atoms with Crippen molar-refractivity contribution in [2.24, 2.45) is 11.8 Å². The molecule has 6 heteroatoms. The fourth-order valence-corrected chi connectivity index (χ4v) is 3.49. The van der Waals surface area contributed by atoms with Crippen molar-refractivity contribution in [3.63, 3.8) is 0 Å². The molecule has 1 aliphatic rings. The van der Waals surface area contributed by atoms with Gasteiger partial charge in [0, 0.05) is 25.4 Å². The molecule has 3 rings (SSSR count). The van der Waals surface area contributed by atoms with Crippen LogP contribution < -0.4 is 10.6 Å². The summed E-state index contributed by atoms with van der Waals surface area (Å²) in [5.41, 5.74) is 2.34. The molecule has 0 saturated carbocycles. The van der Waals surface area contributed by atoms with Crippen molar-refractivity contribution in [3.8, 4) is 0 Å². The maximum atomic E-state index is 12.2. The minimum atomic E-state index is 0. The van der Waals surface area contributed by atoms with E-state index in [1.165, 1.54) is 18.4 Å².